The van der Waals surface area contributed by atoms with Gasteiger partial charge in [-0.2, -0.15) is 13.2 Å². The number of alkyl halides is 3. The molecule has 1 aromatic heterocycles. The van der Waals surface area contributed by atoms with Gasteiger partial charge in [-0.3, -0.25) is 4.79 Å². The number of rotatable bonds is 2. The molecule has 0 radical (unpaired) electrons. The summed E-state index contributed by atoms with van der Waals surface area (Å²) in [5.41, 5.74) is -0.512. The summed E-state index contributed by atoms with van der Waals surface area (Å²) in [6, 6.07) is 5.51. The number of halogens is 6. The van der Waals surface area contributed by atoms with Crippen LogP contribution in [-0.4, -0.2) is 42.0 Å². The maximum atomic E-state index is 12.8. The molecule has 1 aromatic carbocycles. The van der Waals surface area contributed by atoms with Gasteiger partial charge in [0.05, 0.1) is 10.6 Å². The lowest BCUT2D eigenvalue weighted by Gasteiger charge is -2.24. The zero-order chi connectivity index (χ0) is 20.5. The molecular formula is C18H15Cl3F3N3O. The van der Waals surface area contributed by atoms with Crippen LogP contribution in [0.15, 0.2) is 30.5 Å². The number of pyridine rings is 1. The largest absolute Gasteiger partial charge is 0.417 e. The van der Waals surface area contributed by atoms with Crippen molar-refractivity contribution < 1.29 is 18.0 Å². The lowest BCUT2D eigenvalue weighted by atomic mass is 10.2. The van der Waals surface area contributed by atoms with Crippen LogP contribution in [0.4, 0.5) is 19.0 Å². The van der Waals surface area contributed by atoms with Crippen LogP contribution in [0.3, 0.4) is 0 Å². The fourth-order valence-corrected chi connectivity index (χ4v) is 3.82. The third-order valence-electron chi connectivity index (χ3n) is 4.34. The lowest BCUT2D eigenvalue weighted by molar-refractivity contribution is -0.137. The van der Waals surface area contributed by atoms with E-state index in [9.17, 15) is 18.0 Å². The van der Waals surface area contributed by atoms with E-state index < -0.39 is 11.7 Å². The Hall–Kier alpha value is -1.70. The molecule has 0 atom stereocenters. The molecule has 4 nitrogen and oxygen atoms in total. The van der Waals surface area contributed by atoms with Gasteiger partial charge in [0.2, 0.25) is 0 Å². The van der Waals surface area contributed by atoms with Crippen molar-refractivity contribution >= 4 is 46.5 Å². The van der Waals surface area contributed by atoms with Crippen LogP contribution < -0.4 is 4.90 Å². The summed E-state index contributed by atoms with van der Waals surface area (Å²) >= 11 is 18.0. The Morgan fingerprint density at radius 2 is 1.64 bits per heavy atom. The van der Waals surface area contributed by atoms with E-state index >= 15 is 0 Å². The number of hydrogen-bond donors (Lipinski definition) is 0. The van der Waals surface area contributed by atoms with Crippen molar-refractivity contribution in [3.63, 3.8) is 0 Å². The van der Waals surface area contributed by atoms with Gasteiger partial charge >= 0.3 is 6.18 Å². The number of hydrogen-bond acceptors (Lipinski definition) is 3. The van der Waals surface area contributed by atoms with E-state index in [0.29, 0.717) is 48.2 Å². The Kier molecular flexibility index (Phi) is 6.27. The van der Waals surface area contributed by atoms with Gasteiger partial charge in [-0.05, 0) is 30.7 Å². The van der Waals surface area contributed by atoms with Crippen LogP contribution in [-0.2, 0) is 6.18 Å². The Morgan fingerprint density at radius 1 is 0.964 bits per heavy atom. The van der Waals surface area contributed by atoms with Crippen LogP contribution in [0.25, 0.3) is 0 Å². The Bertz CT molecular complexity index is 872. The molecule has 0 spiro atoms. The summed E-state index contributed by atoms with van der Waals surface area (Å²) < 4.78 is 38.4. The highest BCUT2D eigenvalue weighted by Gasteiger charge is 2.32. The summed E-state index contributed by atoms with van der Waals surface area (Å²) in [7, 11) is 0. The highest BCUT2D eigenvalue weighted by molar-refractivity contribution is 6.35. The molecule has 2 heterocycles. The van der Waals surface area contributed by atoms with Gasteiger partial charge in [0, 0.05) is 48.0 Å². The van der Waals surface area contributed by atoms with Crippen molar-refractivity contribution in [2.24, 2.45) is 0 Å². The molecule has 1 amide bonds. The van der Waals surface area contributed by atoms with E-state index in [2.05, 4.69) is 4.98 Å². The third kappa shape index (κ3) is 4.82. The first kappa shape index (κ1) is 21.0. The number of carbonyl (C=O) groups excluding carboxylic acids is 1. The molecule has 3 rings (SSSR count). The van der Waals surface area contributed by atoms with Crippen LogP contribution >= 0.6 is 34.8 Å². The topological polar surface area (TPSA) is 36.4 Å². The van der Waals surface area contributed by atoms with Gasteiger partial charge in [0.15, 0.2) is 0 Å². The molecule has 0 aliphatic carbocycles. The molecule has 10 heteroatoms. The Morgan fingerprint density at radius 3 is 2.25 bits per heavy atom. The molecule has 1 aliphatic heterocycles. The zero-order valence-corrected chi connectivity index (χ0v) is 16.7. The third-order valence-corrected chi connectivity index (χ3v) is 5.06. The first-order chi connectivity index (χ1) is 13.1. The molecule has 0 unspecified atom stereocenters. The van der Waals surface area contributed by atoms with Gasteiger partial charge in [0.25, 0.3) is 5.91 Å². The monoisotopic (exact) mass is 451 g/mol. The number of carbonyl (C=O) groups is 1. The second kappa shape index (κ2) is 8.35. The van der Waals surface area contributed by atoms with Crippen molar-refractivity contribution in [3.8, 4) is 0 Å². The highest BCUT2D eigenvalue weighted by atomic mass is 35.5. The number of nitrogens with zero attached hydrogens (tertiary/aromatic N) is 3. The fourth-order valence-electron chi connectivity index (χ4n) is 3.01. The van der Waals surface area contributed by atoms with E-state index in [1.807, 2.05) is 0 Å². The summed E-state index contributed by atoms with van der Waals surface area (Å²) in [6.07, 6.45) is -3.13. The SMILES string of the molecule is O=C(c1cc(Cl)cc(Cl)c1)N1CCCN(c2ncc(C(F)(F)F)cc2Cl)CC1. The Balaban J connectivity index is 1.74. The molecule has 150 valence electrons. The van der Waals surface area contributed by atoms with Crippen molar-refractivity contribution in [1.82, 2.24) is 9.88 Å². The molecule has 28 heavy (non-hydrogen) atoms. The number of benzene rings is 1. The fraction of sp³-hybridized carbons (Fsp3) is 0.333. The highest BCUT2D eigenvalue weighted by Crippen LogP contribution is 2.33. The zero-order valence-electron chi connectivity index (χ0n) is 14.4. The molecule has 1 saturated heterocycles. The van der Waals surface area contributed by atoms with E-state index in [-0.39, 0.29) is 16.7 Å². The smallest absolute Gasteiger partial charge is 0.354 e. The van der Waals surface area contributed by atoms with Crippen LogP contribution in [0.1, 0.15) is 22.3 Å². The van der Waals surface area contributed by atoms with Crippen molar-refractivity contribution in [2.75, 3.05) is 31.1 Å². The normalized spacial score (nSPS) is 15.5. The summed E-state index contributed by atoms with van der Waals surface area (Å²) in [6.45, 7) is 1.75. The molecule has 0 saturated carbocycles. The van der Waals surface area contributed by atoms with Gasteiger partial charge in [-0.25, -0.2) is 4.98 Å². The second-order valence-corrected chi connectivity index (χ2v) is 7.60. The molecule has 0 bridgehead atoms. The van der Waals surface area contributed by atoms with Gasteiger partial charge in [-0.1, -0.05) is 34.8 Å². The van der Waals surface area contributed by atoms with Crippen LogP contribution in [0.2, 0.25) is 15.1 Å². The van der Waals surface area contributed by atoms with Crippen LogP contribution in [0.5, 0.6) is 0 Å². The average molecular weight is 453 g/mol. The summed E-state index contributed by atoms with van der Waals surface area (Å²) in [5.74, 6) is 0.0625. The molecule has 2 aromatic rings. The Labute approximate surface area is 174 Å². The minimum absolute atomic E-state index is 0.0729. The lowest BCUT2D eigenvalue weighted by Crippen LogP contribution is -2.35. The molecule has 1 fully saturated rings. The second-order valence-electron chi connectivity index (χ2n) is 6.32. The van der Waals surface area contributed by atoms with Gasteiger partial charge in [0.1, 0.15) is 5.82 Å². The van der Waals surface area contributed by atoms with Gasteiger partial charge in [-0.15, -0.1) is 0 Å². The molecule has 1 aliphatic rings. The number of amides is 1. The standard InChI is InChI=1S/C18H15Cl3F3N3O/c19-13-6-11(7-14(20)9-13)17(28)27-3-1-2-26(4-5-27)16-15(21)8-12(10-25-16)18(22,23)24/h6-10H,1-5H2. The summed E-state index contributed by atoms with van der Waals surface area (Å²) in [4.78, 5) is 20.1. The maximum absolute atomic E-state index is 12.8. The minimum atomic E-state index is -4.50. The van der Waals surface area contributed by atoms with Crippen molar-refractivity contribution in [1.29, 1.82) is 0 Å². The maximum Gasteiger partial charge on any atom is 0.417 e. The molecule has 0 N–H and O–H groups in total. The average Bonchev–Trinajstić information content (AvgIpc) is 2.85. The summed E-state index contributed by atoms with van der Waals surface area (Å²) in [5, 5.41) is 0.664. The van der Waals surface area contributed by atoms with Crippen LogP contribution in [0, 0.1) is 0 Å². The van der Waals surface area contributed by atoms with E-state index in [4.69, 9.17) is 34.8 Å². The van der Waals surface area contributed by atoms with E-state index in [1.54, 1.807) is 28.0 Å². The number of aromatic nitrogens is 1. The first-order valence-electron chi connectivity index (χ1n) is 8.38. The minimum Gasteiger partial charge on any atom is -0.354 e. The quantitative estimate of drug-likeness (QED) is 0.611. The van der Waals surface area contributed by atoms with Gasteiger partial charge < -0.3 is 9.80 Å². The van der Waals surface area contributed by atoms with Crippen molar-refractivity contribution in [3.05, 3.63) is 56.7 Å². The predicted molar refractivity (Wildman–Crippen MR) is 103 cm³/mol. The van der Waals surface area contributed by atoms with E-state index in [0.717, 1.165) is 12.3 Å². The van der Waals surface area contributed by atoms with Crippen molar-refractivity contribution in [2.45, 2.75) is 12.6 Å². The predicted octanol–water partition coefficient (Wildman–Crippen LogP) is 5.41. The van der Waals surface area contributed by atoms with E-state index in [1.165, 1.54) is 0 Å². The number of anilines is 1. The molecular weight excluding hydrogens is 438 g/mol. The first-order valence-corrected chi connectivity index (χ1v) is 9.51.